The quantitative estimate of drug-likeness (QED) is 0.219. The van der Waals surface area contributed by atoms with Gasteiger partial charge in [-0.25, -0.2) is 8.42 Å². The fourth-order valence-electron chi connectivity index (χ4n) is 2.83. The lowest BCUT2D eigenvalue weighted by Gasteiger charge is -2.13. The normalized spacial score (nSPS) is 12.1. The highest BCUT2D eigenvalue weighted by atomic mass is 32.2. The van der Waals surface area contributed by atoms with Gasteiger partial charge in [0.1, 0.15) is 18.0 Å². The van der Waals surface area contributed by atoms with E-state index in [9.17, 15) is 28.1 Å². The van der Waals surface area contributed by atoms with Crippen LogP contribution in [0.4, 0.5) is 11.4 Å². The number of rotatable bonds is 13. The Morgan fingerprint density at radius 2 is 2.03 bits per heavy atom. The maximum absolute atomic E-state index is 12.5. The highest BCUT2D eigenvalue weighted by Crippen LogP contribution is 2.28. The maximum atomic E-state index is 12.5. The summed E-state index contributed by atoms with van der Waals surface area (Å²) in [6, 6.07) is 6.55. The molecule has 1 aromatic carbocycles. The van der Waals surface area contributed by atoms with E-state index in [2.05, 4.69) is 10.6 Å². The second-order valence-corrected chi connectivity index (χ2v) is 8.88. The van der Waals surface area contributed by atoms with Crippen molar-refractivity contribution in [3.05, 3.63) is 52.5 Å². The molecule has 0 fully saturated rings. The summed E-state index contributed by atoms with van der Waals surface area (Å²) in [6.45, 7) is 2.65. The summed E-state index contributed by atoms with van der Waals surface area (Å²) in [7, 11) is -4.25. The standard InChI is InChI=1S/C20H26N4O8S/c1-3-5-14(2)23-19(25)13-32-20(26)12-22-33(29,30)16-7-8-17(18(10-16)24(27)28)21-11-15-6-4-9-31-15/h4,6-10,14,21-22H,3,5,11-13H2,1-2H3,(H,23,25). The lowest BCUT2D eigenvalue weighted by atomic mass is 10.2. The van der Waals surface area contributed by atoms with E-state index in [1.54, 1.807) is 12.1 Å². The molecule has 0 aliphatic rings. The maximum Gasteiger partial charge on any atom is 0.321 e. The number of carbonyl (C=O) groups is 2. The molecule has 180 valence electrons. The number of nitrogens with one attached hydrogen (secondary N) is 3. The minimum atomic E-state index is -4.25. The number of nitrogens with zero attached hydrogens (tertiary/aromatic N) is 1. The Labute approximate surface area is 190 Å². The van der Waals surface area contributed by atoms with Crippen molar-refractivity contribution >= 4 is 33.3 Å². The van der Waals surface area contributed by atoms with Gasteiger partial charge in [0.25, 0.3) is 11.6 Å². The van der Waals surface area contributed by atoms with Crippen LogP contribution in [0.15, 0.2) is 45.9 Å². The average molecular weight is 483 g/mol. The van der Waals surface area contributed by atoms with Crippen LogP contribution in [0.2, 0.25) is 0 Å². The van der Waals surface area contributed by atoms with Gasteiger partial charge in [-0.3, -0.25) is 19.7 Å². The summed E-state index contributed by atoms with van der Waals surface area (Å²) < 4.78 is 36.8. The number of benzene rings is 1. The first kappa shape index (κ1) is 25.8. The summed E-state index contributed by atoms with van der Waals surface area (Å²) in [6.07, 6.45) is 3.10. The van der Waals surface area contributed by atoms with E-state index >= 15 is 0 Å². The number of sulfonamides is 1. The Kier molecular flexibility index (Phi) is 9.36. The van der Waals surface area contributed by atoms with Crippen LogP contribution in [0, 0.1) is 10.1 Å². The van der Waals surface area contributed by atoms with Crippen LogP contribution >= 0.6 is 0 Å². The van der Waals surface area contributed by atoms with Crippen LogP contribution in [-0.4, -0.2) is 44.4 Å². The van der Waals surface area contributed by atoms with Crippen molar-refractivity contribution in [1.82, 2.24) is 10.0 Å². The van der Waals surface area contributed by atoms with Gasteiger partial charge in [0, 0.05) is 12.1 Å². The molecular formula is C20H26N4O8S. The molecule has 1 aromatic heterocycles. The lowest BCUT2D eigenvalue weighted by Crippen LogP contribution is -2.37. The SMILES string of the molecule is CCCC(C)NC(=O)COC(=O)CNS(=O)(=O)c1ccc(NCc2ccco2)c([N+](=O)[O-])c1. The zero-order valence-electron chi connectivity index (χ0n) is 18.2. The fraction of sp³-hybridized carbons (Fsp3) is 0.400. The Morgan fingerprint density at radius 1 is 1.27 bits per heavy atom. The molecule has 0 bridgehead atoms. The van der Waals surface area contributed by atoms with Gasteiger partial charge in [0.05, 0.1) is 22.6 Å². The number of carbonyl (C=O) groups excluding carboxylic acids is 2. The topological polar surface area (TPSA) is 170 Å². The van der Waals surface area contributed by atoms with E-state index in [1.807, 2.05) is 18.6 Å². The molecule has 1 atom stereocenters. The number of hydrogen-bond acceptors (Lipinski definition) is 9. The van der Waals surface area contributed by atoms with Gasteiger partial charge in [-0.15, -0.1) is 0 Å². The summed E-state index contributed by atoms with van der Waals surface area (Å²) in [5.74, 6) is -0.932. The molecule has 0 saturated carbocycles. The van der Waals surface area contributed by atoms with Crippen LogP contribution in [0.3, 0.4) is 0 Å². The van der Waals surface area contributed by atoms with E-state index < -0.39 is 50.6 Å². The fourth-order valence-corrected chi connectivity index (χ4v) is 3.82. The first-order valence-corrected chi connectivity index (χ1v) is 11.6. The predicted octanol–water partition coefficient (Wildman–Crippen LogP) is 1.93. The van der Waals surface area contributed by atoms with E-state index in [4.69, 9.17) is 9.15 Å². The molecule has 13 heteroatoms. The number of esters is 1. The van der Waals surface area contributed by atoms with Crippen molar-refractivity contribution in [2.75, 3.05) is 18.5 Å². The van der Waals surface area contributed by atoms with Crippen molar-refractivity contribution in [2.24, 2.45) is 0 Å². The Hall–Kier alpha value is -3.45. The summed E-state index contributed by atoms with van der Waals surface area (Å²) in [5, 5.41) is 16.9. The minimum Gasteiger partial charge on any atom is -0.467 e. The first-order valence-electron chi connectivity index (χ1n) is 10.1. The highest BCUT2D eigenvalue weighted by molar-refractivity contribution is 7.89. The number of nitro benzene ring substituents is 1. The van der Waals surface area contributed by atoms with Crippen molar-refractivity contribution in [3.63, 3.8) is 0 Å². The molecule has 2 aromatic rings. The van der Waals surface area contributed by atoms with Crippen LogP contribution in [0.1, 0.15) is 32.4 Å². The molecule has 0 aliphatic heterocycles. The van der Waals surface area contributed by atoms with Crippen LogP contribution in [0.5, 0.6) is 0 Å². The molecular weight excluding hydrogens is 456 g/mol. The van der Waals surface area contributed by atoms with Crippen molar-refractivity contribution in [1.29, 1.82) is 0 Å². The van der Waals surface area contributed by atoms with Crippen molar-refractivity contribution in [2.45, 2.75) is 44.2 Å². The van der Waals surface area contributed by atoms with E-state index in [1.165, 1.54) is 12.3 Å². The second-order valence-electron chi connectivity index (χ2n) is 7.11. The van der Waals surface area contributed by atoms with Crippen LogP contribution in [0.25, 0.3) is 0 Å². The molecule has 0 radical (unpaired) electrons. The molecule has 33 heavy (non-hydrogen) atoms. The average Bonchev–Trinajstić information content (AvgIpc) is 3.28. The zero-order valence-corrected chi connectivity index (χ0v) is 19.0. The third kappa shape index (κ3) is 8.20. The van der Waals surface area contributed by atoms with Gasteiger partial charge >= 0.3 is 5.97 Å². The lowest BCUT2D eigenvalue weighted by molar-refractivity contribution is -0.384. The number of ether oxygens (including phenoxy) is 1. The first-order chi connectivity index (χ1) is 15.6. The molecule has 0 spiro atoms. The van der Waals surface area contributed by atoms with Gasteiger partial charge in [-0.05, 0) is 37.6 Å². The number of amides is 1. The second kappa shape index (κ2) is 12.0. The van der Waals surface area contributed by atoms with Gasteiger partial charge in [-0.2, -0.15) is 4.72 Å². The third-order valence-corrected chi connectivity index (χ3v) is 5.81. The molecule has 1 heterocycles. The minimum absolute atomic E-state index is 0.0768. The number of furan rings is 1. The molecule has 2 rings (SSSR count). The van der Waals surface area contributed by atoms with Gasteiger partial charge in [-0.1, -0.05) is 13.3 Å². The third-order valence-electron chi connectivity index (χ3n) is 4.41. The largest absolute Gasteiger partial charge is 0.467 e. The van der Waals surface area contributed by atoms with Crippen LogP contribution < -0.4 is 15.4 Å². The molecule has 0 saturated heterocycles. The van der Waals surface area contributed by atoms with E-state index in [0.29, 0.717) is 5.76 Å². The predicted molar refractivity (Wildman–Crippen MR) is 118 cm³/mol. The van der Waals surface area contributed by atoms with Crippen molar-refractivity contribution < 1.29 is 32.1 Å². The number of nitro groups is 1. The molecule has 3 N–H and O–H groups in total. The molecule has 1 unspecified atom stereocenters. The zero-order chi connectivity index (χ0) is 24.4. The Morgan fingerprint density at radius 3 is 2.67 bits per heavy atom. The van der Waals surface area contributed by atoms with E-state index in [-0.39, 0.29) is 18.3 Å². The van der Waals surface area contributed by atoms with Crippen LogP contribution in [-0.2, 0) is 30.9 Å². The molecule has 12 nitrogen and oxygen atoms in total. The summed E-state index contributed by atoms with van der Waals surface area (Å²) in [4.78, 5) is 33.8. The molecule has 0 aliphatic carbocycles. The van der Waals surface area contributed by atoms with E-state index in [0.717, 1.165) is 25.0 Å². The smallest absolute Gasteiger partial charge is 0.321 e. The highest BCUT2D eigenvalue weighted by Gasteiger charge is 2.22. The summed E-state index contributed by atoms with van der Waals surface area (Å²) in [5.41, 5.74) is -0.372. The van der Waals surface area contributed by atoms with Gasteiger partial charge in [0.2, 0.25) is 10.0 Å². The number of hydrogen-bond donors (Lipinski definition) is 3. The van der Waals surface area contributed by atoms with Gasteiger partial charge < -0.3 is 19.8 Å². The molecule has 1 amide bonds. The van der Waals surface area contributed by atoms with Crippen molar-refractivity contribution in [3.8, 4) is 0 Å². The Bertz CT molecular complexity index is 1070. The summed E-state index contributed by atoms with van der Waals surface area (Å²) >= 11 is 0. The monoisotopic (exact) mass is 482 g/mol. The van der Waals surface area contributed by atoms with Gasteiger partial charge in [0.15, 0.2) is 6.61 Å². The Balaban J connectivity index is 1.95. The number of anilines is 1.